The lowest BCUT2D eigenvalue weighted by Crippen LogP contribution is -2.54. The number of nitrogens with zero attached hydrogens (tertiary/aromatic N) is 3. The molecule has 2 aromatic rings. The highest BCUT2D eigenvalue weighted by Crippen LogP contribution is 2.30. The summed E-state index contributed by atoms with van der Waals surface area (Å²) in [5.74, 6) is -2.47. The van der Waals surface area contributed by atoms with Gasteiger partial charge in [0.2, 0.25) is 12.1 Å². The van der Waals surface area contributed by atoms with Crippen LogP contribution in [0.15, 0.2) is 54.6 Å². The SMILES string of the molecule is NC(=O)[C@H](OCCN1CCN(C(c2ccccc2)c2ccc(Cl)cc2)CC1)N1C(=O)CC[C@@H]1C(=O)O. The first-order valence-electron chi connectivity index (χ1n) is 12.1. The van der Waals surface area contributed by atoms with Crippen molar-refractivity contribution in [2.24, 2.45) is 5.73 Å². The molecule has 2 aliphatic heterocycles. The summed E-state index contributed by atoms with van der Waals surface area (Å²) in [7, 11) is 0. The molecule has 192 valence electrons. The molecule has 9 nitrogen and oxygen atoms in total. The van der Waals surface area contributed by atoms with Crippen LogP contribution in [0.25, 0.3) is 0 Å². The summed E-state index contributed by atoms with van der Waals surface area (Å²) in [6.45, 7) is 3.93. The highest BCUT2D eigenvalue weighted by molar-refractivity contribution is 6.30. The number of primary amides is 1. The van der Waals surface area contributed by atoms with Crippen molar-refractivity contribution >= 4 is 29.4 Å². The van der Waals surface area contributed by atoms with Crippen molar-refractivity contribution in [3.63, 3.8) is 0 Å². The van der Waals surface area contributed by atoms with Crippen LogP contribution in [0.1, 0.15) is 30.0 Å². The molecule has 3 atom stereocenters. The average molecular weight is 515 g/mol. The van der Waals surface area contributed by atoms with Crippen LogP contribution in [0.5, 0.6) is 0 Å². The molecule has 0 bridgehead atoms. The van der Waals surface area contributed by atoms with Crippen LogP contribution < -0.4 is 5.73 Å². The van der Waals surface area contributed by atoms with Gasteiger partial charge in [-0.25, -0.2) is 4.79 Å². The van der Waals surface area contributed by atoms with E-state index >= 15 is 0 Å². The number of carboxylic acids is 1. The number of hydrogen-bond acceptors (Lipinski definition) is 6. The second-order valence-electron chi connectivity index (χ2n) is 9.06. The number of piperazine rings is 1. The van der Waals surface area contributed by atoms with Crippen LogP contribution in [-0.4, -0.2) is 89.2 Å². The Morgan fingerprint density at radius 2 is 1.67 bits per heavy atom. The molecule has 0 spiro atoms. The molecule has 2 heterocycles. The van der Waals surface area contributed by atoms with E-state index < -0.39 is 30.1 Å². The second-order valence-corrected chi connectivity index (χ2v) is 9.50. The smallest absolute Gasteiger partial charge is 0.326 e. The third-order valence-corrected chi connectivity index (χ3v) is 7.04. The van der Waals surface area contributed by atoms with Crippen LogP contribution in [0.4, 0.5) is 0 Å². The summed E-state index contributed by atoms with van der Waals surface area (Å²) in [4.78, 5) is 41.3. The van der Waals surface area contributed by atoms with Crippen LogP contribution in [-0.2, 0) is 19.1 Å². The molecule has 0 aromatic heterocycles. The van der Waals surface area contributed by atoms with E-state index in [2.05, 4.69) is 34.1 Å². The molecular weight excluding hydrogens is 484 g/mol. The minimum Gasteiger partial charge on any atom is -0.480 e. The monoisotopic (exact) mass is 514 g/mol. The van der Waals surface area contributed by atoms with Crippen molar-refractivity contribution in [3.8, 4) is 0 Å². The first-order chi connectivity index (χ1) is 17.3. The Balaban J connectivity index is 1.35. The Labute approximate surface area is 215 Å². The van der Waals surface area contributed by atoms with Gasteiger partial charge in [-0.05, 0) is 29.7 Å². The predicted molar refractivity (Wildman–Crippen MR) is 134 cm³/mol. The third kappa shape index (κ3) is 6.04. The van der Waals surface area contributed by atoms with E-state index in [4.69, 9.17) is 22.1 Å². The number of halogens is 1. The van der Waals surface area contributed by atoms with E-state index in [1.807, 2.05) is 30.3 Å². The van der Waals surface area contributed by atoms with Crippen molar-refractivity contribution < 1.29 is 24.2 Å². The van der Waals surface area contributed by atoms with Crippen LogP contribution in [0.2, 0.25) is 5.02 Å². The highest BCUT2D eigenvalue weighted by atomic mass is 35.5. The molecule has 1 unspecified atom stereocenters. The number of hydrogen-bond donors (Lipinski definition) is 2. The second kappa shape index (κ2) is 11.8. The predicted octanol–water partition coefficient (Wildman–Crippen LogP) is 1.95. The van der Waals surface area contributed by atoms with Crippen LogP contribution in [0, 0.1) is 0 Å². The summed E-state index contributed by atoms with van der Waals surface area (Å²) in [6, 6.07) is 17.3. The number of carbonyl (C=O) groups is 3. The Morgan fingerprint density at radius 3 is 2.28 bits per heavy atom. The molecule has 10 heteroatoms. The third-order valence-electron chi connectivity index (χ3n) is 6.79. The standard InChI is InChI=1S/C26H31ClN4O5/c27-20-8-6-19(7-9-20)23(18-4-2-1-3-5-18)30-14-12-29(13-15-30)16-17-36-25(24(28)33)31-21(26(34)35)10-11-22(31)32/h1-9,21,23,25H,10-17H2,(H2,28,33)(H,34,35)/t21-,23?,25+/m1/s1. The molecule has 4 rings (SSSR count). The summed E-state index contributed by atoms with van der Waals surface area (Å²) < 4.78 is 5.66. The van der Waals surface area contributed by atoms with Crippen molar-refractivity contribution in [2.75, 3.05) is 39.3 Å². The van der Waals surface area contributed by atoms with Gasteiger partial charge in [0, 0.05) is 44.2 Å². The minimum absolute atomic E-state index is 0.0578. The van der Waals surface area contributed by atoms with E-state index in [0.717, 1.165) is 31.1 Å². The van der Waals surface area contributed by atoms with Crippen LogP contribution in [0.3, 0.4) is 0 Å². The quantitative estimate of drug-likeness (QED) is 0.497. The number of benzene rings is 2. The summed E-state index contributed by atoms with van der Waals surface area (Å²) in [5.41, 5.74) is 7.84. The molecule has 3 N–H and O–H groups in total. The van der Waals surface area contributed by atoms with Gasteiger partial charge in [0.25, 0.3) is 5.91 Å². The summed E-state index contributed by atoms with van der Waals surface area (Å²) in [6.07, 6.45) is -1.18. The molecule has 2 amide bonds. The van der Waals surface area contributed by atoms with E-state index in [9.17, 15) is 19.5 Å². The Kier molecular flexibility index (Phi) is 8.58. The van der Waals surface area contributed by atoms with Crippen molar-refractivity contribution in [1.29, 1.82) is 0 Å². The van der Waals surface area contributed by atoms with Crippen molar-refractivity contribution in [2.45, 2.75) is 31.2 Å². The molecule has 2 saturated heterocycles. The molecule has 2 aromatic carbocycles. The molecule has 0 saturated carbocycles. The maximum Gasteiger partial charge on any atom is 0.326 e. The maximum atomic E-state index is 12.2. The molecule has 2 aliphatic rings. The topological polar surface area (TPSA) is 116 Å². The molecular formula is C26H31ClN4O5. The number of aliphatic carboxylic acids is 1. The fourth-order valence-corrected chi connectivity index (χ4v) is 5.10. The molecule has 0 aliphatic carbocycles. The fourth-order valence-electron chi connectivity index (χ4n) is 4.97. The lowest BCUT2D eigenvalue weighted by Gasteiger charge is -2.40. The minimum atomic E-state index is -1.38. The molecule has 2 fully saturated rings. The zero-order valence-electron chi connectivity index (χ0n) is 20.0. The van der Waals surface area contributed by atoms with Gasteiger partial charge in [-0.3, -0.25) is 24.3 Å². The van der Waals surface area contributed by atoms with Crippen LogP contribution >= 0.6 is 11.6 Å². The fraction of sp³-hybridized carbons (Fsp3) is 0.423. The number of rotatable bonds is 10. The Bertz CT molecular complexity index is 1060. The van der Waals surface area contributed by atoms with E-state index in [1.165, 1.54) is 11.1 Å². The van der Waals surface area contributed by atoms with Gasteiger partial charge in [0.05, 0.1) is 12.6 Å². The lowest BCUT2D eigenvalue weighted by molar-refractivity contribution is -0.165. The lowest BCUT2D eigenvalue weighted by atomic mass is 9.96. The summed E-state index contributed by atoms with van der Waals surface area (Å²) >= 11 is 6.12. The van der Waals surface area contributed by atoms with Gasteiger partial charge in [-0.1, -0.05) is 54.1 Å². The zero-order chi connectivity index (χ0) is 25.7. The van der Waals surface area contributed by atoms with Gasteiger partial charge in [0.15, 0.2) is 0 Å². The maximum absolute atomic E-state index is 12.2. The van der Waals surface area contributed by atoms with Gasteiger partial charge in [-0.15, -0.1) is 0 Å². The van der Waals surface area contributed by atoms with Crippen molar-refractivity contribution in [1.82, 2.24) is 14.7 Å². The number of amides is 2. The number of carbonyl (C=O) groups excluding carboxylic acids is 2. The normalized spacial score (nSPS) is 20.9. The number of carboxylic acid groups (broad SMARTS) is 1. The first kappa shape index (κ1) is 26.1. The van der Waals surface area contributed by atoms with E-state index in [-0.39, 0.29) is 25.5 Å². The average Bonchev–Trinajstić information content (AvgIpc) is 3.26. The van der Waals surface area contributed by atoms with Crippen molar-refractivity contribution in [3.05, 3.63) is 70.7 Å². The van der Waals surface area contributed by atoms with Gasteiger partial charge in [-0.2, -0.15) is 0 Å². The molecule has 0 radical (unpaired) electrons. The van der Waals surface area contributed by atoms with E-state index in [0.29, 0.717) is 11.6 Å². The summed E-state index contributed by atoms with van der Waals surface area (Å²) in [5, 5.41) is 10.1. The van der Waals surface area contributed by atoms with Gasteiger partial charge < -0.3 is 15.6 Å². The first-order valence-corrected chi connectivity index (χ1v) is 12.4. The van der Waals surface area contributed by atoms with E-state index in [1.54, 1.807) is 0 Å². The van der Waals surface area contributed by atoms with Gasteiger partial charge in [0.1, 0.15) is 6.04 Å². The number of ether oxygens (including phenoxy) is 1. The largest absolute Gasteiger partial charge is 0.480 e. The number of nitrogens with two attached hydrogens (primary N) is 1. The number of likely N-dealkylation sites (tertiary alicyclic amines) is 1. The highest BCUT2D eigenvalue weighted by Gasteiger charge is 2.43. The Hall–Kier alpha value is -2.98. The van der Waals surface area contributed by atoms with Gasteiger partial charge >= 0.3 is 5.97 Å². The Morgan fingerprint density at radius 1 is 1.03 bits per heavy atom. The zero-order valence-corrected chi connectivity index (χ0v) is 20.7. The molecule has 36 heavy (non-hydrogen) atoms.